The van der Waals surface area contributed by atoms with E-state index in [1.807, 2.05) is 30.3 Å². The number of fused-ring (bicyclic) bond motifs is 1. The molecule has 0 unspecified atom stereocenters. The highest BCUT2D eigenvalue weighted by Gasteiger charge is 2.15. The van der Waals surface area contributed by atoms with Gasteiger partial charge in [-0.05, 0) is 30.3 Å². The number of ether oxygens (including phenoxy) is 1. The zero-order valence-electron chi connectivity index (χ0n) is 14.4. The smallest absolute Gasteiger partial charge is 0.234 e. The van der Waals surface area contributed by atoms with Crippen LogP contribution in [0.15, 0.2) is 30.3 Å². The van der Waals surface area contributed by atoms with Gasteiger partial charge in [-0.3, -0.25) is 4.79 Å². The van der Waals surface area contributed by atoms with Crippen molar-refractivity contribution in [2.45, 2.75) is 5.75 Å². The van der Waals surface area contributed by atoms with Gasteiger partial charge in [0.15, 0.2) is 5.13 Å². The van der Waals surface area contributed by atoms with E-state index in [2.05, 4.69) is 10.2 Å². The highest BCUT2D eigenvalue weighted by Crippen LogP contribution is 2.31. The first-order chi connectivity index (χ1) is 13.2. The molecule has 1 amide bonds. The summed E-state index contributed by atoms with van der Waals surface area (Å²) in [5.74, 6) is 1.21. The van der Waals surface area contributed by atoms with Crippen molar-refractivity contribution in [2.24, 2.45) is 0 Å². The van der Waals surface area contributed by atoms with Crippen molar-refractivity contribution in [1.82, 2.24) is 4.98 Å². The molecule has 1 aliphatic rings. The van der Waals surface area contributed by atoms with Gasteiger partial charge in [0, 0.05) is 29.4 Å². The molecule has 4 rings (SSSR count). The third-order valence-electron chi connectivity index (χ3n) is 4.05. The molecule has 1 aliphatic heterocycles. The van der Waals surface area contributed by atoms with Crippen LogP contribution in [0, 0.1) is 0 Å². The van der Waals surface area contributed by atoms with E-state index >= 15 is 0 Å². The Morgan fingerprint density at radius 1 is 1.26 bits per heavy atom. The number of thioether (sulfide) groups is 1. The number of nitrogens with zero attached hydrogens (tertiary/aromatic N) is 2. The fraction of sp³-hybridized carbons (Fsp3) is 0.333. The van der Waals surface area contributed by atoms with Crippen LogP contribution in [0.25, 0.3) is 10.2 Å². The molecule has 0 radical (unpaired) electrons. The number of nitrogens with one attached hydrogen (secondary N) is 1. The van der Waals surface area contributed by atoms with E-state index in [9.17, 15) is 4.79 Å². The lowest BCUT2D eigenvalue weighted by Crippen LogP contribution is -2.36. The Kier molecular flexibility index (Phi) is 6.19. The Balaban J connectivity index is 1.34. The number of benzene rings is 1. The molecule has 0 aliphatic carbocycles. The van der Waals surface area contributed by atoms with Crippen LogP contribution in [0.5, 0.6) is 0 Å². The summed E-state index contributed by atoms with van der Waals surface area (Å²) in [5, 5.41) is 3.99. The van der Waals surface area contributed by atoms with E-state index in [4.69, 9.17) is 21.3 Å². The second-order valence-corrected chi connectivity index (χ2v) is 9.82. The number of morpholine rings is 1. The number of hydrogen-bond acceptors (Lipinski definition) is 7. The Morgan fingerprint density at radius 3 is 2.89 bits per heavy atom. The van der Waals surface area contributed by atoms with Crippen molar-refractivity contribution in [3.05, 3.63) is 39.5 Å². The predicted molar refractivity (Wildman–Crippen MR) is 117 cm³/mol. The van der Waals surface area contributed by atoms with Gasteiger partial charge in [0.25, 0.3) is 0 Å². The minimum absolute atomic E-state index is 0.0000730. The molecule has 0 bridgehead atoms. The summed E-state index contributed by atoms with van der Waals surface area (Å²) >= 11 is 10.7. The van der Waals surface area contributed by atoms with Gasteiger partial charge < -0.3 is 15.0 Å². The van der Waals surface area contributed by atoms with Crippen LogP contribution >= 0.6 is 46.0 Å². The predicted octanol–water partition coefficient (Wildman–Crippen LogP) is 4.72. The van der Waals surface area contributed by atoms with Crippen LogP contribution in [-0.4, -0.2) is 42.9 Å². The standard InChI is InChI=1S/C18H18ClN3O2S3/c19-16-4-2-13(26-16)10-25-11-17(23)20-12-1-3-14-15(9-12)27-18(21-14)22-5-7-24-8-6-22/h1-4,9H,5-8,10-11H2,(H,20,23). The van der Waals surface area contributed by atoms with Gasteiger partial charge in [0.2, 0.25) is 5.91 Å². The molecule has 1 aromatic carbocycles. The van der Waals surface area contributed by atoms with Crippen LogP contribution in [0.3, 0.4) is 0 Å². The molecular weight excluding hydrogens is 422 g/mol. The molecule has 2 aromatic heterocycles. The van der Waals surface area contributed by atoms with Crippen molar-refractivity contribution in [3.63, 3.8) is 0 Å². The SMILES string of the molecule is O=C(CSCc1ccc(Cl)s1)Nc1ccc2nc(N3CCOCC3)sc2c1. The van der Waals surface area contributed by atoms with Crippen molar-refractivity contribution >= 4 is 73.0 Å². The van der Waals surface area contributed by atoms with Crippen molar-refractivity contribution in [2.75, 3.05) is 42.3 Å². The zero-order chi connectivity index (χ0) is 18.6. The van der Waals surface area contributed by atoms with Gasteiger partial charge in [0.1, 0.15) is 0 Å². The summed E-state index contributed by atoms with van der Waals surface area (Å²) in [4.78, 5) is 20.3. The molecule has 3 aromatic rings. The molecular formula is C18H18ClN3O2S3. The monoisotopic (exact) mass is 439 g/mol. The summed E-state index contributed by atoms with van der Waals surface area (Å²) in [6, 6.07) is 9.76. The molecule has 5 nitrogen and oxygen atoms in total. The topological polar surface area (TPSA) is 54.5 Å². The Hall–Kier alpha value is -1.32. The molecule has 1 N–H and O–H groups in total. The van der Waals surface area contributed by atoms with E-state index in [-0.39, 0.29) is 5.91 Å². The number of amides is 1. The second kappa shape index (κ2) is 8.79. The van der Waals surface area contributed by atoms with E-state index in [0.29, 0.717) is 5.75 Å². The van der Waals surface area contributed by atoms with Gasteiger partial charge >= 0.3 is 0 Å². The minimum atomic E-state index is -0.0000730. The maximum absolute atomic E-state index is 12.2. The highest BCUT2D eigenvalue weighted by atomic mass is 35.5. The molecule has 1 fully saturated rings. The Morgan fingerprint density at radius 2 is 2.11 bits per heavy atom. The third kappa shape index (κ3) is 4.94. The highest BCUT2D eigenvalue weighted by molar-refractivity contribution is 7.99. The van der Waals surface area contributed by atoms with Crippen LogP contribution in [0.4, 0.5) is 10.8 Å². The van der Waals surface area contributed by atoms with Crippen molar-refractivity contribution in [1.29, 1.82) is 0 Å². The lowest BCUT2D eigenvalue weighted by atomic mass is 10.3. The summed E-state index contributed by atoms with van der Waals surface area (Å²) in [6.07, 6.45) is 0. The fourth-order valence-corrected chi connectivity index (χ4v) is 5.83. The molecule has 0 saturated carbocycles. The number of hydrogen-bond donors (Lipinski definition) is 1. The molecule has 1 saturated heterocycles. The number of carbonyl (C=O) groups excluding carboxylic acids is 1. The van der Waals surface area contributed by atoms with Crippen molar-refractivity contribution < 1.29 is 9.53 Å². The third-order valence-corrected chi connectivity index (χ3v) is 7.52. The molecule has 0 spiro atoms. The largest absolute Gasteiger partial charge is 0.378 e. The summed E-state index contributed by atoms with van der Waals surface area (Å²) < 4.78 is 7.26. The lowest BCUT2D eigenvalue weighted by molar-refractivity contribution is -0.113. The average Bonchev–Trinajstić information content (AvgIpc) is 3.28. The number of anilines is 2. The zero-order valence-corrected chi connectivity index (χ0v) is 17.6. The van der Waals surface area contributed by atoms with Crippen LogP contribution in [0.1, 0.15) is 4.88 Å². The normalized spacial score (nSPS) is 14.6. The first-order valence-corrected chi connectivity index (χ1v) is 11.7. The number of halogens is 1. The quantitative estimate of drug-likeness (QED) is 0.602. The number of thiophene rings is 1. The van der Waals surface area contributed by atoms with Gasteiger partial charge in [-0.15, -0.1) is 23.1 Å². The molecule has 9 heteroatoms. The minimum Gasteiger partial charge on any atom is -0.378 e. The van der Waals surface area contributed by atoms with Gasteiger partial charge in [0.05, 0.1) is 33.5 Å². The van der Waals surface area contributed by atoms with E-state index in [0.717, 1.165) is 57.4 Å². The van der Waals surface area contributed by atoms with E-state index in [1.165, 1.54) is 4.88 Å². The Labute approximate surface area is 174 Å². The number of carbonyl (C=O) groups is 1. The van der Waals surface area contributed by atoms with Crippen LogP contribution in [-0.2, 0) is 15.3 Å². The first kappa shape index (κ1) is 19.0. The molecule has 3 heterocycles. The fourth-order valence-electron chi connectivity index (χ4n) is 2.75. The molecule has 27 heavy (non-hydrogen) atoms. The number of aromatic nitrogens is 1. The number of rotatable bonds is 6. The first-order valence-electron chi connectivity index (χ1n) is 8.52. The second-order valence-electron chi connectivity index (χ2n) is 6.03. The van der Waals surface area contributed by atoms with E-state index < -0.39 is 0 Å². The maximum atomic E-state index is 12.2. The van der Waals surface area contributed by atoms with E-state index in [1.54, 1.807) is 34.4 Å². The maximum Gasteiger partial charge on any atom is 0.234 e. The van der Waals surface area contributed by atoms with Crippen LogP contribution < -0.4 is 10.2 Å². The molecule has 0 atom stereocenters. The molecule has 142 valence electrons. The van der Waals surface area contributed by atoms with Gasteiger partial charge in [-0.25, -0.2) is 4.98 Å². The lowest BCUT2D eigenvalue weighted by Gasteiger charge is -2.25. The average molecular weight is 440 g/mol. The van der Waals surface area contributed by atoms with Gasteiger partial charge in [-0.2, -0.15) is 0 Å². The summed E-state index contributed by atoms with van der Waals surface area (Å²) in [5.41, 5.74) is 1.77. The van der Waals surface area contributed by atoms with Crippen LogP contribution in [0.2, 0.25) is 4.34 Å². The van der Waals surface area contributed by atoms with Crippen molar-refractivity contribution in [3.8, 4) is 0 Å². The Bertz CT molecular complexity index is 937. The summed E-state index contributed by atoms with van der Waals surface area (Å²) in [7, 11) is 0. The summed E-state index contributed by atoms with van der Waals surface area (Å²) in [6.45, 7) is 3.23. The van der Waals surface area contributed by atoms with Gasteiger partial charge in [-0.1, -0.05) is 22.9 Å². The number of thiazole rings is 1.